The van der Waals surface area contributed by atoms with Crippen LogP contribution in [0.2, 0.25) is 0 Å². The van der Waals surface area contributed by atoms with Gasteiger partial charge in [0.1, 0.15) is 5.52 Å². The lowest BCUT2D eigenvalue weighted by Gasteiger charge is -2.24. The summed E-state index contributed by atoms with van der Waals surface area (Å²) in [6.07, 6.45) is 4.91. The number of nitrogens with one attached hydrogen (secondary N) is 1. The summed E-state index contributed by atoms with van der Waals surface area (Å²) < 4.78 is 30.3. The van der Waals surface area contributed by atoms with Gasteiger partial charge in [0.15, 0.2) is 9.84 Å². The van der Waals surface area contributed by atoms with Gasteiger partial charge in [-0.25, -0.2) is 8.42 Å². The van der Waals surface area contributed by atoms with Crippen LogP contribution in [0.3, 0.4) is 0 Å². The van der Waals surface area contributed by atoms with Crippen LogP contribution in [0.5, 0.6) is 0 Å². The highest BCUT2D eigenvalue weighted by molar-refractivity contribution is 7.89. The topological polar surface area (TPSA) is 101 Å². The fourth-order valence-corrected chi connectivity index (χ4v) is 4.78. The maximum Gasteiger partial charge on any atom is 0.274 e. The zero-order valence-corrected chi connectivity index (χ0v) is 17.9. The number of fused-ring (bicyclic) bond motifs is 2. The van der Waals surface area contributed by atoms with Gasteiger partial charge in [0, 0.05) is 49.3 Å². The summed E-state index contributed by atoms with van der Waals surface area (Å²) in [5, 5.41) is 0.762. The number of methoxy groups -OCH3 is 1. The first-order chi connectivity index (χ1) is 14.2. The average Bonchev–Trinajstić information content (AvgIpc) is 3.04. The first-order valence-corrected chi connectivity index (χ1v) is 11.6. The number of hydrogen-bond donors (Lipinski definition) is 1. The molecule has 0 saturated carbocycles. The Hall–Kier alpha value is -2.91. The van der Waals surface area contributed by atoms with E-state index in [4.69, 9.17) is 4.74 Å². The Morgan fingerprint density at radius 2 is 2.03 bits per heavy atom. The fourth-order valence-electron chi connectivity index (χ4n) is 3.99. The third-order valence-electron chi connectivity index (χ3n) is 5.31. The number of aromatic amines is 1. The largest absolute Gasteiger partial charge is 0.384 e. The Kier molecular flexibility index (Phi) is 5.03. The number of sulfone groups is 1. The number of pyridine rings is 1. The number of carbonyl (C=O) groups excluding carboxylic acids is 1. The fraction of sp³-hybridized carbons (Fsp3) is 0.333. The average molecular weight is 429 g/mol. The number of rotatable bonds is 5. The zero-order valence-electron chi connectivity index (χ0n) is 17.1. The van der Waals surface area contributed by atoms with Gasteiger partial charge in [0.25, 0.3) is 5.56 Å². The monoisotopic (exact) mass is 429 g/mol. The molecule has 2 aromatic heterocycles. The molecule has 0 aliphatic carbocycles. The van der Waals surface area contributed by atoms with E-state index >= 15 is 0 Å². The number of H-pyrrole nitrogens is 1. The number of aryl methyl sites for hydroxylation is 1. The number of anilines is 1. The Balaban J connectivity index is 1.99. The van der Waals surface area contributed by atoms with E-state index in [0.29, 0.717) is 29.9 Å². The van der Waals surface area contributed by atoms with Crippen LogP contribution >= 0.6 is 0 Å². The van der Waals surface area contributed by atoms with Crippen molar-refractivity contribution in [2.75, 3.05) is 24.9 Å². The van der Waals surface area contributed by atoms with Gasteiger partial charge in [-0.2, -0.15) is 0 Å². The zero-order chi connectivity index (χ0) is 21.6. The number of benzene rings is 1. The second-order valence-corrected chi connectivity index (χ2v) is 9.81. The van der Waals surface area contributed by atoms with Crippen molar-refractivity contribution < 1.29 is 17.9 Å². The predicted molar refractivity (Wildman–Crippen MR) is 115 cm³/mol. The highest BCUT2D eigenvalue weighted by Gasteiger charge is 2.28. The molecule has 0 unspecified atom stereocenters. The molecule has 158 valence electrons. The molecule has 1 N–H and O–H groups in total. The molecule has 1 aromatic carbocycles. The molecule has 1 aliphatic heterocycles. The molecule has 0 atom stereocenters. The molecule has 4 rings (SSSR count). The molecule has 1 amide bonds. The highest BCUT2D eigenvalue weighted by Crippen LogP contribution is 2.41. The predicted octanol–water partition coefficient (Wildman–Crippen LogP) is 1.96. The van der Waals surface area contributed by atoms with Crippen molar-refractivity contribution in [1.82, 2.24) is 9.55 Å². The van der Waals surface area contributed by atoms with Crippen LogP contribution < -0.4 is 10.5 Å². The smallest absolute Gasteiger partial charge is 0.274 e. The van der Waals surface area contributed by atoms with Crippen LogP contribution in [0, 0.1) is 0 Å². The third kappa shape index (κ3) is 3.54. The van der Waals surface area contributed by atoms with Crippen LogP contribution in [0.4, 0.5) is 5.69 Å². The quantitative estimate of drug-likeness (QED) is 0.668. The molecule has 0 bridgehead atoms. The van der Waals surface area contributed by atoms with Crippen LogP contribution in [0.15, 0.2) is 35.4 Å². The Morgan fingerprint density at radius 1 is 1.27 bits per heavy atom. The van der Waals surface area contributed by atoms with Crippen molar-refractivity contribution in [3.8, 4) is 11.1 Å². The van der Waals surface area contributed by atoms with Crippen LogP contribution in [-0.2, 0) is 38.7 Å². The molecule has 30 heavy (non-hydrogen) atoms. The van der Waals surface area contributed by atoms with Gasteiger partial charge >= 0.3 is 0 Å². The molecule has 0 fully saturated rings. The molecular formula is C21H23N3O5S. The number of nitrogens with zero attached hydrogens (tertiary/aromatic N) is 2. The van der Waals surface area contributed by atoms with E-state index in [1.54, 1.807) is 49.7 Å². The lowest BCUT2D eigenvalue weighted by atomic mass is 9.99. The van der Waals surface area contributed by atoms with Crippen LogP contribution in [-0.4, -0.2) is 43.8 Å². The Labute approximate surface area is 174 Å². The minimum atomic E-state index is -3.23. The van der Waals surface area contributed by atoms with Crippen molar-refractivity contribution >= 4 is 32.3 Å². The molecule has 0 radical (unpaired) electrons. The van der Waals surface area contributed by atoms with E-state index < -0.39 is 9.84 Å². The van der Waals surface area contributed by atoms with Crippen molar-refractivity contribution in [3.05, 3.63) is 52.1 Å². The van der Waals surface area contributed by atoms with Gasteiger partial charge in [0.05, 0.1) is 31.0 Å². The van der Waals surface area contributed by atoms with Gasteiger partial charge in [0.2, 0.25) is 5.91 Å². The summed E-state index contributed by atoms with van der Waals surface area (Å²) in [5.74, 6) is -0.213. The van der Waals surface area contributed by atoms with Crippen molar-refractivity contribution in [1.29, 1.82) is 0 Å². The van der Waals surface area contributed by atoms with Crippen LogP contribution in [0.1, 0.15) is 17.5 Å². The van der Waals surface area contributed by atoms with Gasteiger partial charge in [-0.1, -0.05) is 6.07 Å². The van der Waals surface area contributed by atoms with E-state index in [-0.39, 0.29) is 23.6 Å². The second-order valence-electron chi connectivity index (χ2n) is 7.67. The summed E-state index contributed by atoms with van der Waals surface area (Å²) in [7, 11) is -0.0136. The standard InChI is InChI=1S/C21H23N3O5S/c1-23-11-16-15-8-13(12-30(3,27)28)4-5-17(15)24(18(25)6-7-29-2)10-14-9-22-20(19(14)16)21(23)26/h4-5,8-9,11,22H,6-7,10,12H2,1-3H3. The Morgan fingerprint density at radius 3 is 2.73 bits per heavy atom. The van der Waals surface area contributed by atoms with Crippen molar-refractivity contribution in [3.63, 3.8) is 0 Å². The first kappa shape index (κ1) is 20.4. The SMILES string of the molecule is COCCC(=O)N1Cc2c[nH]c3c(=O)n(C)cc(c23)-c2cc(CS(C)(=O)=O)ccc21. The van der Waals surface area contributed by atoms with E-state index in [2.05, 4.69) is 4.98 Å². The summed E-state index contributed by atoms with van der Waals surface area (Å²) in [6, 6.07) is 5.32. The van der Waals surface area contributed by atoms with E-state index in [1.165, 1.54) is 10.8 Å². The molecular weight excluding hydrogens is 406 g/mol. The van der Waals surface area contributed by atoms with Crippen LogP contribution in [0.25, 0.3) is 22.0 Å². The molecule has 1 aliphatic rings. The third-order valence-corrected chi connectivity index (χ3v) is 6.17. The Bertz CT molecular complexity index is 1320. The maximum absolute atomic E-state index is 13.0. The van der Waals surface area contributed by atoms with Crippen molar-refractivity contribution in [2.45, 2.75) is 18.7 Å². The lowest BCUT2D eigenvalue weighted by molar-refractivity contribution is -0.119. The number of ether oxygens (including phenoxy) is 1. The lowest BCUT2D eigenvalue weighted by Crippen LogP contribution is -2.31. The molecule has 0 saturated heterocycles. The number of aromatic nitrogens is 2. The summed E-state index contributed by atoms with van der Waals surface area (Å²) in [5.41, 5.74) is 3.97. The first-order valence-electron chi connectivity index (χ1n) is 9.49. The summed E-state index contributed by atoms with van der Waals surface area (Å²) in [6.45, 7) is 0.604. The minimum Gasteiger partial charge on any atom is -0.384 e. The van der Waals surface area contributed by atoms with Gasteiger partial charge in [-0.15, -0.1) is 0 Å². The molecule has 9 heteroatoms. The summed E-state index contributed by atoms with van der Waals surface area (Å²) >= 11 is 0. The van der Waals surface area contributed by atoms with Gasteiger partial charge < -0.3 is 19.2 Å². The van der Waals surface area contributed by atoms with E-state index in [1.807, 2.05) is 0 Å². The molecule has 8 nitrogen and oxygen atoms in total. The van der Waals surface area contributed by atoms with E-state index in [0.717, 1.165) is 22.1 Å². The maximum atomic E-state index is 13.0. The van der Waals surface area contributed by atoms with Gasteiger partial charge in [-0.05, 0) is 23.3 Å². The van der Waals surface area contributed by atoms with Gasteiger partial charge in [-0.3, -0.25) is 9.59 Å². The molecule has 3 heterocycles. The molecule has 0 spiro atoms. The minimum absolute atomic E-state index is 0.104. The van der Waals surface area contributed by atoms with E-state index in [9.17, 15) is 18.0 Å². The van der Waals surface area contributed by atoms with Crippen molar-refractivity contribution in [2.24, 2.45) is 7.05 Å². The second kappa shape index (κ2) is 7.41. The number of amides is 1. The number of carbonyl (C=O) groups is 1. The highest BCUT2D eigenvalue weighted by atomic mass is 32.2. The molecule has 3 aromatic rings. The number of hydrogen-bond acceptors (Lipinski definition) is 5. The summed E-state index contributed by atoms with van der Waals surface area (Å²) in [4.78, 5) is 30.3. The normalized spacial score (nSPS) is 13.4.